The summed E-state index contributed by atoms with van der Waals surface area (Å²) < 4.78 is 25.6. The van der Waals surface area contributed by atoms with Crippen molar-refractivity contribution < 1.29 is 18.7 Å². The molecule has 0 saturated heterocycles. The summed E-state index contributed by atoms with van der Waals surface area (Å²) in [4.78, 5) is 12.1. The van der Waals surface area contributed by atoms with Crippen molar-refractivity contribution in [2.45, 2.75) is 13.5 Å². The molecule has 0 radical (unpaired) electrons. The van der Waals surface area contributed by atoms with Crippen LogP contribution in [0.25, 0.3) is 0 Å². The molecule has 1 amide bonds. The second-order valence-electron chi connectivity index (χ2n) is 6.24. The average molecular weight is 518 g/mol. The monoisotopic (exact) mass is 518 g/mol. The highest BCUT2D eigenvalue weighted by molar-refractivity contribution is 14.1. The van der Waals surface area contributed by atoms with Crippen molar-refractivity contribution in [3.8, 4) is 11.5 Å². The van der Waals surface area contributed by atoms with E-state index in [0.717, 1.165) is 14.7 Å². The van der Waals surface area contributed by atoms with Crippen LogP contribution in [0.4, 0.5) is 4.39 Å². The van der Waals surface area contributed by atoms with Crippen molar-refractivity contribution in [1.82, 2.24) is 5.43 Å². The molecule has 30 heavy (non-hydrogen) atoms. The molecular weight excluding hydrogens is 498 g/mol. The number of hydrogen-bond acceptors (Lipinski definition) is 4. The average Bonchev–Trinajstić information content (AvgIpc) is 2.74. The minimum Gasteiger partial charge on any atom is -0.490 e. The molecule has 1 N–H and O–H groups in total. The Morgan fingerprint density at radius 3 is 2.53 bits per heavy atom. The Morgan fingerprint density at radius 1 is 1.10 bits per heavy atom. The molecule has 3 aromatic rings. The number of halogens is 2. The number of hydrogen-bond donors (Lipinski definition) is 1. The molecular formula is C23H20FIN2O3. The van der Waals surface area contributed by atoms with Crippen molar-refractivity contribution in [2.75, 3.05) is 6.61 Å². The maximum atomic E-state index is 13.0. The summed E-state index contributed by atoms with van der Waals surface area (Å²) in [5.41, 5.74) is 4.56. The van der Waals surface area contributed by atoms with Crippen molar-refractivity contribution in [2.24, 2.45) is 5.10 Å². The lowest BCUT2D eigenvalue weighted by molar-refractivity contribution is 0.0955. The second-order valence-corrected chi connectivity index (χ2v) is 7.41. The molecule has 154 valence electrons. The van der Waals surface area contributed by atoms with Crippen molar-refractivity contribution >= 4 is 34.7 Å². The number of benzene rings is 3. The molecule has 3 aromatic carbocycles. The number of ether oxygens (including phenoxy) is 2. The van der Waals surface area contributed by atoms with Gasteiger partial charge in [-0.2, -0.15) is 5.10 Å². The summed E-state index contributed by atoms with van der Waals surface area (Å²) in [6.07, 6.45) is 1.52. The third-order valence-electron chi connectivity index (χ3n) is 4.04. The number of nitrogens with zero attached hydrogens (tertiary/aromatic N) is 1. The second kappa shape index (κ2) is 10.7. The van der Waals surface area contributed by atoms with Gasteiger partial charge >= 0.3 is 0 Å². The third kappa shape index (κ3) is 6.03. The van der Waals surface area contributed by atoms with Gasteiger partial charge in [0, 0.05) is 5.56 Å². The van der Waals surface area contributed by atoms with Crippen LogP contribution in [0, 0.1) is 9.39 Å². The molecule has 0 heterocycles. The Morgan fingerprint density at radius 2 is 1.83 bits per heavy atom. The molecule has 0 atom stereocenters. The van der Waals surface area contributed by atoms with Crippen molar-refractivity contribution in [3.05, 3.63) is 92.8 Å². The highest BCUT2D eigenvalue weighted by Gasteiger charge is 2.12. The number of hydrazone groups is 1. The summed E-state index contributed by atoms with van der Waals surface area (Å²) in [6, 6.07) is 18.8. The van der Waals surface area contributed by atoms with Crippen LogP contribution in [0.2, 0.25) is 0 Å². The van der Waals surface area contributed by atoms with Gasteiger partial charge in [-0.05, 0) is 77.0 Å². The van der Waals surface area contributed by atoms with Crippen LogP contribution < -0.4 is 14.9 Å². The summed E-state index contributed by atoms with van der Waals surface area (Å²) in [7, 11) is 0. The highest BCUT2D eigenvalue weighted by Crippen LogP contribution is 2.34. The van der Waals surface area contributed by atoms with Gasteiger partial charge in [0.15, 0.2) is 11.5 Å². The summed E-state index contributed by atoms with van der Waals surface area (Å²) in [5.74, 6) is 0.442. The van der Waals surface area contributed by atoms with Crippen molar-refractivity contribution in [3.63, 3.8) is 0 Å². The van der Waals surface area contributed by atoms with Crippen LogP contribution in [-0.4, -0.2) is 18.7 Å². The minimum atomic E-state index is -0.422. The molecule has 0 fully saturated rings. The van der Waals surface area contributed by atoms with E-state index in [9.17, 15) is 9.18 Å². The lowest BCUT2D eigenvalue weighted by Crippen LogP contribution is -2.17. The lowest BCUT2D eigenvalue weighted by atomic mass is 10.2. The Bertz CT molecular complexity index is 1020. The predicted octanol–water partition coefficient (Wildman–Crippen LogP) is 5.17. The molecule has 3 rings (SSSR count). The van der Waals surface area contributed by atoms with Crippen LogP contribution in [0.1, 0.15) is 28.4 Å². The fourth-order valence-electron chi connectivity index (χ4n) is 2.63. The van der Waals surface area contributed by atoms with E-state index >= 15 is 0 Å². The SMILES string of the molecule is CCOc1cc(/C=N\NC(=O)c2ccc(F)cc2)cc(I)c1OCc1ccccc1. The van der Waals surface area contributed by atoms with Gasteiger partial charge < -0.3 is 9.47 Å². The van der Waals surface area contributed by atoms with E-state index in [2.05, 4.69) is 33.1 Å². The van der Waals surface area contributed by atoms with E-state index in [0.29, 0.717) is 30.3 Å². The lowest BCUT2D eigenvalue weighted by Gasteiger charge is -2.14. The Balaban J connectivity index is 1.71. The standard InChI is InChI=1S/C23H20FIN2O3/c1-2-29-21-13-17(14-26-27-23(28)18-8-10-19(24)11-9-18)12-20(25)22(21)30-15-16-6-4-3-5-7-16/h3-14H,2,15H2,1H3,(H,27,28)/b26-14-. The fourth-order valence-corrected chi connectivity index (χ4v) is 3.41. The number of amides is 1. The highest BCUT2D eigenvalue weighted by atomic mass is 127. The topological polar surface area (TPSA) is 59.9 Å². The Labute approximate surface area is 188 Å². The van der Waals surface area contributed by atoms with Crippen LogP contribution in [0.5, 0.6) is 11.5 Å². The van der Waals surface area contributed by atoms with Crippen LogP contribution in [-0.2, 0) is 6.61 Å². The van der Waals surface area contributed by atoms with Gasteiger partial charge in [-0.25, -0.2) is 9.82 Å². The van der Waals surface area contributed by atoms with E-state index in [-0.39, 0.29) is 0 Å². The van der Waals surface area contributed by atoms with Gasteiger partial charge in [0.05, 0.1) is 16.4 Å². The molecule has 5 nitrogen and oxygen atoms in total. The van der Waals surface area contributed by atoms with Crippen molar-refractivity contribution in [1.29, 1.82) is 0 Å². The zero-order valence-corrected chi connectivity index (χ0v) is 18.4. The smallest absolute Gasteiger partial charge is 0.271 e. The Kier molecular flexibility index (Phi) is 7.78. The first-order valence-electron chi connectivity index (χ1n) is 9.29. The number of carbonyl (C=O) groups excluding carboxylic acids is 1. The Hall–Kier alpha value is -2.94. The number of nitrogens with one attached hydrogen (secondary N) is 1. The van der Waals surface area contributed by atoms with E-state index in [4.69, 9.17) is 9.47 Å². The van der Waals surface area contributed by atoms with Crippen LogP contribution >= 0.6 is 22.6 Å². The summed E-state index contributed by atoms with van der Waals surface area (Å²) in [5, 5.41) is 3.99. The predicted molar refractivity (Wildman–Crippen MR) is 123 cm³/mol. The van der Waals surface area contributed by atoms with Gasteiger partial charge in [0.2, 0.25) is 0 Å². The number of carbonyl (C=O) groups is 1. The van der Waals surface area contributed by atoms with Gasteiger partial charge in [-0.1, -0.05) is 30.3 Å². The van der Waals surface area contributed by atoms with Gasteiger partial charge in [0.25, 0.3) is 5.91 Å². The van der Waals surface area contributed by atoms with E-state index in [1.807, 2.05) is 43.3 Å². The zero-order chi connectivity index (χ0) is 21.3. The molecule has 0 bridgehead atoms. The first kappa shape index (κ1) is 21.8. The first-order chi connectivity index (χ1) is 14.6. The van der Waals surface area contributed by atoms with Gasteiger partial charge in [-0.15, -0.1) is 0 Å². The third-order valence-corrected chi connectivity index (χ3v) is 4.85. The molecule has 0 aliphatic rings. The van der Waals surface area contributed by atoms with E-state index < -0.39 is 11.7 Å². The maximum Gasteiger partial charge on any atom is 0.271 e. The van der Waals surface area contributed by atoms with E-state index in [1.54, 1.807) is 6.07 Å². The molecule has 0 saturated carbocycles. The maximum absolute atomic E-state index is 13.0. The van der Waals surface area contributed by atoms with Gasteiger partial charge in [0.1, 0.15) is 12.4 Å². The molecule has 0 aliphatic carbocycles. The summed E-state index contributed by atoms with van der Waals surface area (Å²) >= 11 is 2.18. The fraction of sp³-hybridized carbons (Fsp3) is 0.130. The van der Waals surface area contributed by atoms with Crippen LogP contribution in [0.15, 0.2) is 71.8 Å². The zero-order valence-electron chi connectivity index (χ0n) is 16.3. The summed E-state index contributed by atoms with van der Waals surface area (Å²) in [6.45, 7) is 2.81. The first-order valence-corrected chi connectivity index (χ1v) is 10.4. The number of rotatable bonds is 8. The molecule has 0 spiro atoms. The quantitative estimate of drug-likeness (QED) is 0.254. The molecule has 0 aromatic heterocycles. The molecule has 0 unspecified atom stereocenters. The largest absolute Gasteiger partial charge is 0.490 e. The molecule has 0 aliphatic heterocycles. The van der Waals surface area contributed by atoms with Crippen LogP contribution in [0.3, 0.4) is 0 Å². The van der Waals surface area contributed by atoms with E-state index in [1.165, 1.54) is 30.5 Å². The normalized spacial score (nSPS) is 10.8. The van der Waals surface area contributed by atoms with Gasteiger partial charge in [-0.3, -0.25) is 4.79 Å². The minimum absolute atomic E-state index is 0.322. The molecule has 7 heteroatoms.